The zero-order chi connectivity index (χ0) is 13.2. The van der Waals surface area contributed by atoms with E-state index in [4.69, 9.17) is 0 Å². The van der Waals surface area contributed by atoms with Gasteiger partial charge in [-0.25, -0.2) is 0 Å². The number of rotatable bonds is 4. The molecule has 1 heterocycles. The Hall–Kier alpha value is -2.50. The van der Waals surface area contributed by atoms with Crippen LogP contribution in [0.25, 0.3) is 11.3 Å². The third kappa shape index (κ3) is 2.67. The molecule has 96 valence electrons. The minimum atomic E-state index is -0.419. The summed E-state index contributed by atoms with van der Waals surface area (Å²) < 4.78 is 0. The van der Waals surface area contributed by atoms with Gasteiger partial charge in [0.25, 0.3) is 5.69 Å². The fraction of sp³-hybridized carbons (Fsp3) is 0.231. The van der Waals surface area contributed by atoms with E-state index < -0.39 is 4.92 Å². The van der Waals surface area contributed by atoms with E-state index in [-0.39, 0.29) is 5.69 Å². The number of non-ortho nitro benzene ring substituents is 1. The largest absolute Gasteiger partial charge is 0.366 e. The molecule has 6 heteroatoms. The first-order valence-electron chi connectivity index (χ1n) is 6.07. The number of hydrogen-bond acceptors (Lipinski definition) is 5. The molecule has 0 bridgehead atoms. The molecule has 6 nitrogen and oxygen atoms in total. The van der Waals surface area contributed by atoms with Gasteiger partial charge in [-0.15, -0.1) is 10.2 Å². The van der Waals surface area contributed by atoms with Crippen molar-refractivity contribution in [2.45, 2.75) is 18.9 Å². The predicted octanol–water partition coefficient (Wildman–Crippen LogP) is 2.63. The fourth-order valence-electron chi connectivity index (χ4n) is 1.75. The van der Waals surface area contributed by atoms with Gasteiger partial charge in [-0.3, -0.25) is 10.1 Å². The summed E-state index contributed by atoms with van der Waals surface area (Å²) in [5.41, 5.74) is 1.59. The monoisotopic (exact) mass is 256 g/mol. The topological polar surface area (TPSA) is 81.0 Å². The van der Waals surface area contributed by atoms with Gasteiger partial charge in [-0.1, -0.05) is 0 Å². The average Bonchev–Trinajstić information content (AvgIpc) is 3.24. The number of aromatic nitrogens is 2. The second-order valence-corrected chi connectivity index (χ2v) is 4.53. The minimum Gasteiger partial charge on any atom is -0.366 e. The van der Waals surface area contributed by atoms with Gasteiger partial charge < -0.3 is 5.32 Å². The van der Waals surface area contributed by atoms with Crippen LogP contribution in [-0.4, -0.2) is 21.2 Å². The number of hydrogen-bond donors (Lipinski definition) is 1. The lowest BCUT2D eigenvalue weighted by Crippen LogP contribution is -2.03. The maximum atomic E-state index is 10.6. The molecule has 1 N–H and O–H groups in total. The Morgan fingerprint density at radius 1 is 1.11 bits per heavy atom. The van der Waals surface area contributed by atoms with Crippen molar-refractivity contribution in [2.24, 2.45) is 0 Å². The smallest absolute Gasteiger partial charge is 0.269 e. The molecule has 1 aromatic heterocycles. The minimum absolute atomic E-state index is 0.0729. The molecule has 1 aromatic carbocycles. The van der Waals surface area contributed by atoms with E-state index >= 15 is 0 Å². The normalized spacial score (nSPS) is 14.1. The maximum absolute atomic E-state index is 10.6. The summed E-state index contributed by atoms with van der Waals surface area (Å²) >= 11 is 0. The van der Waals surface area contributed by atoms with Crippen molar-refractivity contribution >= 4 is 11.5 Å². The summed E-state index contributed by atoms with van der Waals surface area (Å²) in [7, 11) is 0. The van der Waals surface area contributed by atoms with Gasteiger partial charge in [0.05, 0.1) is 10.6 Å². The summed E-state index contributed by atoms with van der Waals surface area (Å²) in [5.74, 6) is 0.771. The van der Waals surface area contributed by atoms with Crippen LogP contribution in [0.1, 0.15) is 12.8 Å². The molecule has 1 fully saturated rings. The molecule has 1 saturated carbocycles. The Morgan fingerprint density at radius 3 is 2.37 bits per heavy atom. The molecule has 1 aliphatic carbocycles. The van der Waals surface area contributed by atoms with Crippen molar-refractivity contribution < 1.29 is 4.92 Å². The maximum Gasteiger partial charge on any atom is 0.269 e. The van der Waals surface area contributed by atoms with Crippen molar-refractivity contribution in [1.29, 1.82) is 0 Å². The Balaban J connectivity index is 1.78. The molecule has 0 atom stereocenters. The molecule has 0 amide bonds. The number of nitro benzene ring substituents is 1. The lowest BCUT2D eigenvalue weighted by Gasteiger charge is -2.03. The van der Waals surface area contributed by atoms with E-state index in [0.29, 0.717) is 11.7 Å². The lowest BCUT2D eigenvalue weighted by molar-refractivity contribution is -0.384. The summed E-state index contributed by atoms with van der Waals surface area (Å²) in [5, 5.41) is 22.0. The molecule has 0 aliphatic heterocycles. The van der Waals surface area contributed by atoms with E-state index in [9.17, 15) is 10.1 Å². The summed E-state index contributed by atoms with van der Waals surface area (Å²) in [6.45, 7) is 0. The van der Waals surface area contributed by atoms with Crippen molar-refractivity contribution in [1.82, 2.24) is 10.2 Å². The molecule has 2 aromatic rings. The number of nitrogens with one attached hydrogen (secondary N) is 1. The Labute approximate surface area is 109 Å². The second-order valence-electron chi connectivity index (χ2n) is 4.53. The van der Waals surface area contributed by atoms with Gasteiger partial charge in [-0.05, 0) is 37.1 Å². The van der Waals surface area contributed by atoms with Crippen molar-refractivity contribution in [3.8, 4) is 11.3 Å². The molecule has 0 unspecified atom stereocenters. The summed E-state index contributed by atoms with van der Waals surface area (Å²) in [6, 6.07) is 10.6. The Bertz CT molecular complexity index is 591. The third-order valence-corrected chi connectivity index (χ3v) is 2.97. The van der Waals surface area contributed by atoms with Crippen LogP contribution in [0.2, 0.25) is 0 Å². The van der Waals surface area contributed by atoms with Crippen molar-refractivity contribution in [3.05, 3.63) is 46.5 Å². The van der Waals surface area contributed by atoms with Gasteiger partial charge in [0.1, 0.15) is 5.82 Å². The SMILES string of the molecule is O=[N+]([O-])c1ccc(-c2ccc(NC3CC3)nn2)cc1. The van der Waals surface area contributed by atoms with E-state index in [1.165, 1.54) is 25.0 Å². The van der Waals surface area contributed by atoms with E-state index in [2.05, 4.69) is 15.5 Å². The Kier molecular flexibility index (Phi) is 2.83. The first-order chi connectivity index (χ1) is 9.22. The van der Waals surface area contributed by atoms with Crippen LogP contribution in [0.4, 0.5) is 11.5 Å². The van der Waals surface area contributed by atoms with E-state index in [1.54, 1.807) is 12.1 Å². The van der Waals surface area contributed by atoms with Gasteiger partial charge in [0.15, 0.2) is 0 Å². The number of nitrogens with zero attached hydrogens (tertiary/aromatic N) is 3. The predicted molar refractivity (Wildman–Crippen MR) is 70.8 cm³/mol. The van der Waals surface area contributed by atoms with Crippen LogP contribution in [0.3, 0.4) is 0 Å². The molecule has 19 heavy (non-hydrogen) atoms. The standard InChI is InChI=1S/C13H12N4O2/c18-17(19)11-5-1-9(2-6-11)12-7-8-13(16-15-12)14-10-3-4-10/h1-2,5-8,10H,3-4H2,(H,14,16). The van der Waals surface area contributed by atoms with Gasteiger partial charge in [0.2, 0.25) is 0 Å². The first kappa shape index (κ1) is 11.6. The second kappa shape index (κ2) is 4.64. The van der Waals surface area contributed by atoms with Crippen LogP contribution in [0.15, 0.2) is 36.4 Å². The van der Waals surface area contributed by atoms with Crippen LogP contribution < -0.4 is 5.32 Å². The van der Waals surface area contributed by atoms with Gasteiger partial charge in [0, 0.05) is 23.7 Å². The first-order valence-corrected chi connectivity index (χ1v) is 6.07. The zero-order valence-electron chi connectivity index (χ0n) is 10.1. The summed E-state index contributed by atoms with van der Waals surface area (Å²) in [4.78, 5) is 10.2. The highest BCUT2D eigenvalue weighted by atomic mass is 16.6. The van der Waals surface area contributed by atoms with Crippen molar-refractivity contribution in [2.75, 3.05) is 5.32 Å². The molecular weight excluding hydrogens is 244 g/mol. The fourth-order valence-corrected chi connectivity index (χ4v) is 1.75. The van der Waals surface area contributed by atoms with Crippen LogP contribution >= 0.6 is 0 Å². The average molecular weight is 256 g/mol. The summed E-state index contributed by atoms with van der Waals surface area (Å²) in [6.07, 6.45) is 2.37. The highest BCUT2D eigenvalue weighted by molar-refractivity contribution is 5.61. The van der Waals surface area contributed by atoms with Gasteiger partial charge >= 0.3 is 0 Å². The number of nitro groups is 1. The van der Waals surface area contributed by atoms with Crippen molar-refractivity contribution in [3.63, 3.8) is 0 Å². The number of anilines is 1. The highest BCUT2D eigenvalue weighted by Gasteiger charge is 2.21. The highest BCUT2D eigenvalue weighted by Crippen LogP contribution is 2.24. The quantitative estimate of drug-likeness (QED) is 0.671. The van der Waals surface area contributed by atoms with E-state index in [1.807, 2.05) is 12.1 Å². The lowest BCUT2D eigenvalue weighted by atomic mass is 10.1. The molecule has 0 radical (unpaired) electrons. The zero-order valence-corrected chi connectivity index (χ0v) is 10.1. The van der Waals surface area contributed by atoms with Crippen LogP contribution in [0.5, 0.6) is 0 Å². The molecule has 1 aliphatic rings. The molecule has 0 saturated heterocycles. The Morgan fingerprint density at radius 2 is 1.84 bits per heavy atom. The molecule has 3 rings (SSSR count). The number of benzene rings is 1. The van der Waals surface area contributed by atoms with E-state index in [0.717, 1.165) is 11.4 Å². The molecule has 0 spiro atoms. The molecular formula is C13H12N4O2. The van der Waals surface area contributed by atoms with Gasteiger partial charge in [-0.2, -0.15) is 0 Å². The third-order valence-electron chi connectivity index (χ3n) is 2.97. The van der Waals surface area contributed by atoms with Crippen LogP contribution in [-0.2, 0) is 0 Å². The van der Waals surface area contributed by atoms with Crippen LogP contribution in [0, 0.1) is 10.1 Å².